The number of nitrogens with zero attached hydrogens (tertiary/aromatic N) is 5. The highest BCUT2D eigenvalue weighted by atomic mass is 16.5. The van der Waals surface area contributed by atoms with Crippen molar-refractivity contribution in [1.82, 2.24) is 19.8 Å². The van der Waals surface area contributed by atoms with E-state index in [1.807, 2.05) is 43.3 Å². The molecule has 0 radical (unpaired) electrons. The van der Waals surface area contributed by atoms with Crippen LogP contribution in [0.5, 0.6) is 5.75 Å². The van der Waals surface area contributed by atoms with Crippen LogP contribution in [0.1, 0.15) is 32.0 Å². The highest BCUT2D eigenvalue weighted by Gasteiger charge is 2.16. The van der Waals surface area contributed by atoms with Crippen LogP contribution in [0.4, 0.5) is 11.5 Å². The van der Waals surface area contributed by atoms with Gasteiger partial charge < -0.3 is 15.0 Å². The summed E-state index contributed by atoms with van der Waals surface area (Å²) in [5, 5.41) is 15.9. The summed E-state index contributed by atoms with van der Waals surface area (Å²) in [5.41, 5.74) is 1.44. The Balaban J connectivity index is 1.39. The number of aromatic nitrogens is 4. The van der Waals surface area contributed by atoms with E-state index in [-0.39, 0.29) is 5.91 Å². The summed E-state index contributed by atoms with van der Waals surface area (Å²) in [4.78, 5) is 14.6. The Hall–Kier alpha value is -3.16. The number of anilines is 2. The zero-order valence-electron chi connectivity index (χ0n) is 16.0. The first-order valence-electron chi connectivity index (χ1n) is 9.72. The Morgan fingerprint density at radius 2 is 1.89 bits per heavy atom. The summed E-state index contributed by atoms with van der Waals surface area (Å²) >= 11 is 0. The summed E-state index contributed by atoms with van der Waals surface area (Å²) in [6, 6.07) is 11.3. The minimum absolute atomic E-state index is 0.0726. The van der Waals surface area contributed by atoms with Crippen molar-refractivity contribution < 1.29 is 9.53 Å². The fraction of sp³-hybridized carbons (Fsp3) is 0.400. The van der Waals surface area contributed by atoms with Crippen molar-refractivity contribution in [2.24, 2.45) is 0 Å². The van der Waals surface area contributed by atoms with E-state index in [4.69, 9.17) is 4.74 Å². The van der Waals surface area contributed by atoms with Gasteiger partial charge in [-0.15, -0.1) is 15.3 Å². The lowest BCUT2D eigenvalue weighted by Crippen LogP contribution is -2.20. The maximum absolute atomic E-state index is 12.3. The molecule has 3 heterocycles. The van der Waals surface area contributed by atoms with Gasteiger partial charge in [-0.3, -0.25) is 4.79 Å². The van der Waals surface area contributed by atoms with Gasteiger partial charge in [0.05, 0.1) is 6.61 Å². The molecule has 1 saturated heterocycles. The summed E-state index contributed by atoms with van der Waals surface area (Å²) < 4.78 is 7.16. The largest absolute Gasteiger partial charge is 0.494 e. The Kier molecular flexibility index (Phi) is 5.36. The van der Waals surface area contributed by atoms with Gasteiger partial charge in [0, 0.05) is 31.6 Å². The minimum atomic E-state index is -0.0726. The fourth-order valence-electron chi connectivity index (χ4n) is 3.34. The van der Waals surface area contributed by atoms with Gasteiger partial charge in [-0.05, 0) is 56.2 Å². The number of carbonyl (C=O) groups is 1. The molecule has 0 aliphatic carbocycles. The van der Waals surface area contributed by atoms with Crippen molar-refractivity contribution in [3.8, 4) is 5.75 Å². The first kappa shape index (κ1) is 18.2. The van der Waals surface area contributed by atoms with Crippen molar-refractivity contribution in [2.45, 2.75) is 32.6 Å². The zero-order valence-corrected chi connectivity index (χ0v) is 16.0. The lowest BCUT2D eigenvalue weighted by atomic mass is 10.2. The lowest BCUT2D eigenvalue weighted by molar-refractivity contribution is -0.116. The molecule has 0 bridgehead atoms. The number of hydrogen-bond donors (Lipinski definition) is 1. The van der Waals surface area contributed by atoms with Crippen LogP contribution in [0.15, 0.2) is 36.4 Å². The quantitative estimate of drug-likeness (QED) is 0.678. The van der Waals surface area contributed by atoms with Gasteiger partial charge in [0.1, 0.15) is 11.6 Å². The van der Waals surface area contributed by atoms with E-state index >= 15 is 0 Å². The van der Waals surface area contributed by atoms with E-state index in [0.29, 0.717) is 30.9 Å². The monoisotopic (exact) mass is 380 g/mol. The predicted molar refractivity (Wildman–Crippen MR) is 107 cm³/mol. The molecular weight excluding hydrogens is 356 g/mol. The molecule has 28 heavy (non-hydrogen) atoms. The zero-order chi connectivity index (χ0) is 19.3. The fourth-order valence-corrected chi connectivity index (χ4v) is 3.34. The summed E-state index contributed by atoms with van der Waals surface area (Å²) in [6.07, 6.45) is 3.17. The number of hydrogen-bond acceptors (Lipinski definition) is 6. The topological polar surface area (TPSA) is 84.6 Å². The molecule has 3 aromatic rings. The Labute approximate surface area is 163 Å². The molecule has 8 nitrogen and oxygen atoms in total. The molecule has 1 aromatic carbocycles. The summed E-state index contributed by atoms with van der Waals surface area (Å²) in [6.45, 7) is 4.61. The average molecular weight is 380 g/mol. The standard InChI is InChI=1S/C20H24N6O2/c1-2-28-16-7-5-15(6-8-16)21-20(27)12-11-18-23-22-17-9-10-19(24-26(17)18)25-13-3-4-14-25/h5-10H,2-4,11-14H2,1H3,(H,21,27). The van der Waals surface area contributed by atoms with Crippen LogP contribution in [0.25, 0.3) is 5.65 Å². The molecule has 0 atom stereocenters. The van der Waals surface area contributed by atoms with Gasteiger partial charge in [0.15, 0.2) is 11.5 Å². The van der Waals surface area contributed by atoms with Gasteiger partial charge in [0.25, 0.3) is 0 Å². The molecule has 0 spiro atoms. The van der Waals surface area contributed by atoms with Crippen LogP contribution in [0.3, 0.4) is 0 Å². The van der Waals surface area contributed by atoms with Crippen molar-refractivity contribution in [3.05, 3.63) is 42.2 Å². The number of aryl methyl sites for hydroxylation is 1. The molecule has 2 aromatic heterocycles. The van der Waals surface area contributed by atoms with Crippen molar-refractivity contribution in [2.75, 3.05) is 29.9 Å². The third-order valence-corrected chi connectivity index (χ3v) is 4.77. The van der Waals surface area contributed by atoms with E-state index in [0.717, 1.165) is 30.3 Å². The Bertz CT molecular complexity index is 947. The van der Waals surface area contributed by atoms with Gasteiger partial charge in [-0.2, -0.15) is 4.52 Å². The second-order valence-corrected chi connectivity index (χ2v) is 6.78. The molecule has 0 saturated carbocycles. The maximum Gasteiger partial charge on any atom is 0.224 e. The molecular formula is C20H24N6O2. The Morgan fingerprint density at radius 1 is 1.11 bits per heavy atom. The predicted octanol–water partition coefficient (Wildman–Crippen LogP) is 2.69. The van der Waals surface area contributed by atoms with Crippen LogP contribution in [0, 0.1) is 0 Å². The number of fused-ring (bicyclic) bond motifs is 1. The second-order valence-electron chi connectivity index (χ2n) is 6.78. The van der Waals surface area contributed by atoms with E-state index in [2.05, 4.69) is 25.5 Å². The van der Waals surface area contributed by atoms with Gasteiger partial charge >= 0.3 is 0 Å². The van der Waals surface area contributed by atoms with Crippen LogP contribution >= 0.6 is 0 Å². The van der Waals surface area contributed by atoms with Crippen molar-refractivity contribution >= 4 is 23.1 Å². The Morgan fingerprint density at radius 3 is 2.64 bits per heavy atom. The lowest BCUT2D eigenvalue weighted by Gasteiger charge is -2.15. The second kappa shape index (κ2) is 8.24. The number of benzene rings is 1. The molecule has 8 heteroatoms. The molecule has 4 rings (SSSR count). The van der Waals surface area contributed by atoms with E-state index in [1.54, 1.807) is 4.52 Å². The first-order chi connectivity index (χ1) is 13.7. The van der Waals surface area contributed by atoms with Crippen LogP contribution in [-0.4, -0.2) is 45.4 Å². The van der Waals surface area contributed by atoms with Gasteiger partial charge in [-0.1, -0.05) is 0 Å². The summed E-state index contributed by atoms with van der Waals surface area (Å²) in [5.74, 6) is 2.34. The molecule has 1 fully saturated rings. The smallest absolute Gasteiger partial charge is 0.224 e. The number of nitrogens with one attached hydrogen (secondary N) is 1. The molecule has 1 aliphatic rings. The van der Waals surface area contributed by atoms with Crippen LogP contribution in [0.2, 0.25) is 0 Å². The van der Waals surface area contributed by atoms with E-state index < -0.39 is 0 Å². The first-order valence-corrected chi connectivity index (χ1v) is 9.72. The van der Waals surface area contributed by atoms with Crippen molar-refractivity contribution in [1.29, 1.82) is 0 Å². The van der Waals surface area contributed by atoms with Gasteiger partial charge in [0.2, 0.25) is 5.91 Å². The van der Waals surface area contributed by atoms with Crippen LogP contribution < -0.4 is 15.0 Å². The average Bonchev–Trinajstić information content (AvgIpc) is 3.38. The molecule has 0 unspecified atom stereocenters. The minimum Gasteiger partial charge on any atom is -0.494 e. The normalized spacial score (nSPS) is 13.8. The van der Waals surface area contributed by atoms with Gasteiger partial charge in [-0.25, -0.2) is 0 Å². The number of rotatable bonds is 7. The van der Waals surface area contributed by atoms with Crippen molar-refractivity contribution in [3.63, 3.8) is 0 Å². The number of amides is 1. The third kappa shape index (κ3) is 4.05. The van der Waals surface area contributed by atoms with E-state index in [9.17, 15) is 4.79 Å². The third-order valence-electron chi connectivity index (χ3n) is 4.77. The molecule has 1 N–H and O–H groups in total. The van der Waals surface area contributed by atoms with Crippen LogP contribution in [-0.2, 0) is 11.2 Å². The molecule has 146 valence electrons. The SMILES string of the molecule is CCOc1ccc(NC(=O)CCc2nnc3ccc(N4CCCC4)nn23)cc1. The number of ether oxygens (including phenoxy) is 1. The highest BCUT2D eigenvalue weighted by Crippen LogP contribution is 2.19. The molecule has 1 aliphatic heterocycles. The maximum atomic E-state index is 12.3. The van der Waals surface area contributed by atoms with E-state index in [1.165, 1.54) is 12.8 Å². The number of carbonyl (C=O) groups excluding carboxylic acids is 1. The molecule has 1 amide bonds. The summed E-state index contributed by atoms with van der Waals surface area (Å²) in [7, 11) is 0. The highest BCUT2D eigenvalue weighted by molar-refractivity contribution is 5.90.